The number of aliphatic hydroxyl groups excluding tert-OH is 2. The molecule has 20 heavy (non-hydrogen) atoms. The van der Waals surface area contributed by atoms with Crippen molar-refractivity contribution in [1.82, 2.24) is 0 Å². The van der Waals surface area contributed by atoms with Crippen LogP contribution in [0.4, 0.5) is 5.69 Å². The third kappa shape index (κ3) is 3.29. The molecule has 1 aliphatic rings. The van der Waals surface area contributed by atoms with Crippen molar-refractivity contribution in [2.45, 2.75) is 25.9 Å². The summed E-state index contributed by atoms with van der Waals surface area (Å²) in [6, 6.07) is 5.34. The Morgan fingerprint density at radius 2 is 2.00 bits per heavy atom. The zero-order valence-corrected chi connectivity index (χ0v) is 11.6. The Morgan fingerprint density at radius 1 is 1.30 bits per heavy atom. The van der Waals surface area contributed by atoms with Gasteiger partial charge in [-0.3, -0.25) is 4.79 Å². The second-order valence-electron chi connectivity index (χ2n) is 5.32. The topological polar surface area (TPSA) is 86.8 Å². The highest BCUT2D eigenvalue weighted by atomic mass is 16.3. The van der Waals surface area contributed by atoms with Crippen LogP contribution in [0.5, 0.6) is 0 Å². The van der Waals surface area contributed by atoms with E-state index in [9.17, 15) is 4.79 Å². The average molecular weight is 278 g/mol. The SMILES string of the molecule is NC(=O)c1cc(CO)ccc1N1CCC(CCO)CC1. The molecule has 1 aromatic rings. The molecule has 4 N–H and O–H groups in total. The van der Waals surface area contributed by atoms with Crippen molar-refractivity contribution in [2.24, 2.45) is 11.7 Å². The normalized spacial score (nSPS) is 16.4. The standard InChI is InChI=1S/C15H22N2O3/c16-15(20)13-9-12(10-19)1-2-14(13)17-6-3-11(4-7-17)5-8-18/h1-2,9,11,18-19H,3-8,10H2,(H2,16,20). The molecule has 0 bridgehead atoms. The number of benzene rings is 1. The highest BCUT2D eigenvalue weighted by molar-refractivity contribution is 5.98. The van der Waals surface area contributed by atoms with Crippen molar-refractivity contribution < 1.29 is 15.0 Å². The molecule has 0 spiro atoms. The van der Waals surface area contributed by atoms with Gasteiger partial charge in [0.1, 0.15) is 0 Å². The number of carbonyl (C=O) groups is 1. The zero-order chi connectivity index (χ0) is 14.5. The summed E-state index contributed by atoms with van der Waals surface area (Å²) in [4.78, 5) is 13.7. The lowest BCUT2D eigenvalue weighted by Gasteiger charge is -2.34. The van der Waals surface area contributed by atoms with E-state index in [4.69, 9.17) is 15.9 Å². The maximum atomic E-state index is 11.6. The largest absolute Gasteiger partial charge is 0.396 e. The molecule has 110 valence electrons. The molecule has 1 aliphatic heterocycles. The fraction of sp³-hybridized carbons (Fsp3) is 0.533. The van der Waals surface area contributed by atoms with Crippen LogP contribution in [0.15, 0.2) is 18.2 Å². The van der Waals surface area contributed by atoms with Crippen molar-refractivity contribution in [3.05, 3.63) is 29.3 Å². The van der Waals surface area contributed by atoms with E-state index in [-0.39, 0.29) is 13.2 Å². The van der Waals surface area contributed by atoms with Gasteiger partial charge in [-0.05, 0) is 42.9 Å². The van der Waals surface area contributed by atoms with Gasteiger partial charge in [0.25, 0.3) is 5.91 Å². The van der Waals surface area contributed by atoms with Gasteiger partial charge in [0, 0.05) is 25.4 Å². The molecule has 5 nitrogen and oxygen atoms in total. The quantitative estimate of drug-likeness (QED) is 0.746. The molecular formula is C15H22N2O3. The number of anilines is 1. The molecule has 1 fully saturated rings. The van der Waals surface area contributed by atoms with E-state index in [1.54, 1.807) is 6.07 Å². The van der Waals surface area contributed by atoms with Gasteiger partial charge >= 0.3 is 0 Å². The Kier molecular flexibility index (Phi) is 4.98. The monoisotopic (exact) mass is 278 g/mol. The summed E-state index contributed by atoms with van der Waals surface area (Å²) in [5.74, 6) is 0.0952. The van der Waals surface area contributed by atoms with Gasteiger partial charge in [-0.15, -0.1) is 0 Å². The first kappa shape index (κ1) is 14.8. The van der Waals surface area contributed by atoms with Crippen LogP contribution in [-0.4, -0.2) is 35.8 Å². The minimum Gasteiger partial charge on any atom is -0.396 e. The highest BCUT2D eigenvalue weighted by Gasteiger charge is 2.22. The van der Waals surface area contributed by atoms with Crippen molar-refractivity contribution >= 4 is 11.6 Å². The summed E-state index contributed by atoms with van der Waals surface area (Å²) >= 11 is 0. The average Bonchev–Trinajstić information content (AvgIpc) is 2.48. The molecule has 1 amide bonds. The lowest BCUT2D eigenvalue weighted by molar-refractivity contribution is 0.100. The number of nitrogens with two attached hydrogens (primary N) is 1. The van der Waals surface area contributed by atoms with Crippen LogP contribution < -0.4 is 10.6 Å². The molecule has 0 aromatic heterocycles. The Balaban J connectivity index is 2.15. The van der Waals surface area contributed by atoms with Gasteiger partial charge in [-0.2, -0.15) is 0 Å². The number of carbonyl (C=O) groups excluding carboxylic acids is 1. The third-order valence-corrected chi connectivity index (χ3v) is 4.00. The molecular weight excluding hydrogens is 256 g/mol. The van der Waals surface area contributed by atoms with Gasteiger partial charge in [0.05, 0.1) is 12.2 Å². The Hall–Kier alpha value is -1.59. The molecule has 5 heteroatoms. The predicted molar refractivity (Wildman–Crippen MR) is 77.5 cm³/mol. The van der Waals surface area contributed by atoms with Crippen LogP contribution >= 0.6 is 0 Å². The molecule has 0 aliphatic carbocycles. The lowest BCUT2D eigenvalue weighted by atomic mass is 9.93. The van der Waals surface area contributed by atoms with E-state index >= 15 is 0 Å². The summed E-state index contributed by atoms with van der Waals surface area (Å²) in [7, 11) is 0. The fourth-order valence-electron chi connectivity index (χ4n) is 2.80. The van der Waals surface area contributed by atoms with Gasteiger partial charge in [-0.1, -0.05) is 6.07 Å². The summed E-state index contributed by atoms with van der Waals surface area (Å²) in [6.45, 7) is 1.87. The second-order valence-corrected chi connectivity index (χ2v) is 5.32. The van der Waals surface area contributed by atoms with Crippen molar-refractivity contribution in [2.75, 3.05) is 24.6 Å². The fourth-order valence-corrected chi connectivity index (χ4v) is 2.80. The Bertz CT molecular complexity index is 468. The van der Waals surface area contributed by atoms with Crippen LogP contribution in [-0.2, 0) is 6.61 Å². The molecule has 0 saturated carbocycles. The maximum Gasteiger partial charge on any atom is 0.250 e. The maximum absolute atomic E-state index is 11.6. The van der Waals surface area contributed by atoms with Gasteiger partial charge in [-0.25, -0.2) is 0 Å². The number of primary amides is 1. The molecule has 0 atom stereocenters. The molecule has 2 rings (SSSR count). The van der Waals surface area contributed by atoms with E-state index < -0.39 is 5.91 Å². The van der Waals surface area contributed by atoms with Crippen LogP contribution in [0.1, 0.15) is 35.2 Å². The van der Waals surface area contributed by atoms with Crippen LogP contribution in [0.25, 0.3) is 0 Å². The number of hydrogen-bond donors (Lipinski definition) is 3. The van der Waals surface area contributed by atoms with Crippen molar-refractivity contribution in [1.29, 1.82) is 0 Å². The zero-order valence-electron chi connectivity index (χ0n) is 11.6. The molecule has 0 unspecified atom stereocenters. The van der Waals surface area contributed by atoms with E-state index in [0.717, 1.165) is 38.0 Å². The first-order valence-corrected chi connectivity index (χ1v) is 7.05. The van der Waals surface area contributed by atoms with E-state index in [1.807, 2.05) is 12.1 Å². The number of hydrogen-bond acceptors (Lipinski definition) is 4. The van der Waals surface area contributed by atoms with Crippen LogP contribution in [0, 0.1) is 5.92 Å². The van der Waals surface area contributed by atoms with Gasteiger partial charge < -0.3 is 20.8 Å². The third-order valence-electron chi connectivity index (χ3n) is 4.00. The van der Waals surface area contributed by atoms with E-state index in [2.05, 4.69) is 4.90 Å². The number of rotatable bonds is 5. The lowest BCUT2D eigenvalue weighted by Crippen LogP contribution is -2.35. The summed E-state index contributed by atoms with van der Waals surface area (Å²) in [5, 5.41) is 18.1. The first-order chi connectivity index (χ1) is 9.65. The molecule has 0 radical (unpaired) electrons. The highest BCUT2D eigenvalue weighted by Crippen LogP contribution is 2.28. The number of aliphatic hydroxyl groups is 2. The van der Waals surface area contributed by atoms with Crippen LogP contribution in [0.3, 0.4) is 0 Å². The number of nitrogens with zero attached hydrogens (tertiary/aromatic N) is 1. The molecule has 1 heterocycles. The number of piperidine rings is 1. The van der Waals surface area contributed by atoms with Gasteiger partial charge in [0.15, 0.2) is 0 Å². The first-order valence-electron chi connectivity index (χ1n) is 7.05. The summed E-state index contributed by atoms with van der Waals surface area (Å²) in [5.41, 5.74) is 7.45. The molecule has 1 saturated heterocycles. The molecule has 1 aromatic carbocycles. The van der Waals surface area contributed by atoms with Crippen molar-refractivity contribution in [3.63, 3.8) is 0 Å². The predicted octanol–water partition coefficient (Wildman–Crippen LogP) is 0.877. The Labute approximate surface area is 119 Å². The summed E-state index contributed by atoms with van der Waals surface area (Å²) < 4.78 is 0. The van der Waals surface area contributed by atoms with Gasteiger partial charge in [0.2, 0.25) is 0 Å². The van der Waals surface area contributed by atoms with Crippen molar-refractivity contribution in [3.8, 4) is 0 Å². The second kappa shape index (κ2) is 6.72. The Morgan fingerprint density at radius 3 is 2.55 bits per heavy atom. The minimum atomic E-state index is -0.465. The smallest absolute Gasteiger partial charge is 0.250 e. The van der Waals surface area contributed by atoms with E-state index in [1.165, 1.54) is 0 Å². The summed E-state index contributed by atoms with van der Waals surface area (Å²) in [6.07, 6.45) is 2.88. The van der Waals surface area contributed by atoms with Crippen LogP contribution in [0.2, 0.25) is 0 Å². The minimum absolute atomic E-state index is 0.0981. The number of amides is 1. The van der Waals surface area contributed by atoms with E-state index in [0.29, 0.717) is 17.0 Å².